The smallest absolute Gasteiger partial charge is 0.275 e. The van der Waals surface area contributed by atoms with Crippen molar-refractivity contribution in [1.82, 2.24) is 19.5 Å². The Labute approximate surface area is 213 Å². The molecule has 2 aromatic heterocycles. The van der Waals surface area contributed by atoms with Gasteiger partial charge in [0, 0.05) is 31.3 Å². The van der Waals surface area contributed by atoms with Crippen molar-refractivity contribution in [2.75, 3.05) is 14.2 Å². The van der Waals surface area contributed by atoms with Crippen LogP contribution in [0.1, 0.15) is 16.8 Å². The summed E-state index contributed by atoms with van der Waals surface area (Å²) in [6, 6.07) is 27.6. The van der Waals surface area contributed by atoms with Crippen molar-refractivity contribution in [3.8, 4) is 22.1 Å². The Balaban J connectivity index is 1.45. The Morgan fingerprint density at radius 2 is 1.50 bits per heavy atom. The SMILES string of the molecule is COc1ccc(CN(Cc2ccccc2)Cc2cc(=O)n3nc(-c4ccccc4)sc3n2)cc1OC. The second-order valence-corrected chi connectivity index (χ2v) is 9.33. The lowest BCUT2D eigenvalue weighted by Gasteiger charge is -2.23. The summed E-state index contributed by atoms with van der Waals surface area (Å²) in [6.07, 6.45) is 0. The van der Waals surface area contributed by atoms with Gasteiger partial charge in [-0.1, -0.05) is 78.1 Å². The number of methoxy groups -OCH3 is 2. The second-order valence-electron chi connectivity index (χ2n) is 8.37. The fourth-order valence-corrected chi connectivity index (χ4v) is 5.04. The van der Waals surface area contributed by atoms with E-state index in [-0.39, 0.29) is 5.56 Å². The summed E-state index contributed by atoms with van der Waals surface area (Å²) in [5.41, 5.74) is 3.75. The zero-order chi connectivity index (χ0) is 24.9. The van der Waals surface area contributed by atoms with Crippen LogP contribution in [-0.2, 0) is 19.6 Å². The zero-order valence-electron chi connectivity index (χ0n) is 20.1. The average Bonchev–Trinajstić information content (AvgIpc) is 3.34. The van der Waals surface area contributed by atoms with Gasteiger partial charge in [-0.2, -0.15) is 9.61 Å². The Kier molecular flexibility index (Phi) is 7.06. The molecule has 0 radical (unpaired) electrons. The molecule has 0 saturated heterocycles. The van der Waals surface area contributed by atoms with Gasteiger partial charge < -0.3 is 9.47 Å². The molecule has 0 fully saturated rings. The van der Waals surface area contributed by atoms with Crippen LogP contribution in [0.15, 0.2) is 89.7 Å². The molecular formula is C28H26N4O3S. The molecule has 182 valence electrons. The molecule has 0 aliphatic heterocycles. The first-order valence-corrected chi connectivity index (χ1v) is 12.4. The topological polar surface area (TPSA) is 69.0 Å². The molecule has 0 spiro atoms. The van der Waals surface area contributed by atoms with Crippen LogP contribution in [0.4, 0.5) is 0 Å². The molecule has 0 saturated carbocycles. The van der Waals surface area contributed by atoms with Gasteiger partial charge in [0.25, 0.3) is 5.56 Å². The number of fused-ring (bicyclic) bond motifs is 1. The van der Waals surface area contributed by atoms with Crippen LogP contribution in [0.3, 0.4) is 0 Å². The van der Waals surface area contributed by atoms with Gasteiger partial charge in [-0.3, -0.25) is 9.69 Å². The van der Waals surface area contributed by atoms with Crippen LogP contribution in [0, 0.1) is 0 Å². The van der Waals surface area contributed by atoms with E-state index in [4.69, 9.17) is 14.5 Å². The van der Waals surface area contributed by atoms with Gasteiger partial charge >= 0.3 is 0 Å². The lowest BCUT2D eigenvalue weighted by molar-refractivity contribution is 0.244. The molecule has 5 rings (SSSR count). The van der Waals surface area contributed by atoms with E-state index in [1.54, 1.807) is 20.3 Å². The molecule has 0 unspecified atom stereocenters. The van der Waals surface area contributed by atoms with E-state index in [1.807, 2.05) is 66.7 Å². The number of hydrogen-bond acceptors (Lipinski definition) is 7. The predicted molar refractivity (Wildman–Crippen MR) is 142 cm³/mol. The fourth-order valence-electron chi connectivity index (χ4n) is 4.11. The summed E-state index contributed by atoms with van der Waals surface area (Å²) in [7, 11) is 3.26. The Hall–Kier alpha value is -4.01. The first kappa shape index (κ1) is 23.7. The number of aromatic nitrogens is 3. The van der Waals surface area contributed by atoms with Crippen molar-refractivity contribution in [2.45, 2.75) is 19.6 Å². The predicted octanol–water partition coefficient (Wildman–Crippen LogP) is 5.04. The number of ether oxygens (including phenoxy) is 2. The fraction of sp³-hybridized carbons (Fsp3) is 0.179. The van der Waals surface area contributed by atoms with E-state index in [0.29, 0.717) is 41.8 Å². The summed E-state index contributed by atoms with van der Waals surface area (Å²) in [5.74, 6) is 1.38. The van der Waals surface area contributed by atoms with Crippen molar-refractivity contribution in [2.24, 2.45) is 0 Å². The van der Waals surface area contributed by atoms with Gasteiger partial charge in [0.2, 0.25) is 4.96 Å². The van der Waals surface area contributed by atoms with Crippen LogP contribution < -0.4 is 15.0 Å². The minimum atomic E-state index is -0.181. The third-order valence-electron chi connectivity index (χ3n) is 5.81. The summed E-state index contributed by atoms with van der Waals surface area (Å²) >= 11 is 1.41. The maximum Gasteiger partial charge on any atom is 0.275 e. The van der Waals surface area contributed by atoms with Crippen LogP contribution in [-0.4, -0.2) is 33.7 Å². The molecular weight excluding hydrogens is 472 g/mol. The van der Waals surface area contributed by atoms with Crippen LogP contribution in [0.5, 0.6) is 11.5 Å². The standard InChI is InChI=1S/C28H26N4O3S/c1-34-24-14-13-21(15-25(24)35-2)18-31(17-20-9-5-3-6-10-20)19-23-16-26(33)32-28(29-23)36-27(30-32)22-11-7-4-8-12-22/h3-16H,17-19H2,1-2H3. The molecule has 0 N–H and O–H groups in total. The van der Waals surface area contributed by atoms with E-state index in [2.05, 4.69) is 22.1 Å². The number of rotatable bonds is 9. The molecule has 0 bridgehead atoms. The maximum absolute atomic E-state index is 12.9. The van der Waals surface area contributed by atoms with Gasteiger partial charge in [0.15, 0.2) is 11.5 Å². The molecule has 5 aromatic rings. The van der Waals surface area contributed by atoms with Gasteiger partial charge in [-0.15, -0.1) is 0 Å². The molecule has 7 nitrogen and oxygen atoms in total. The highest BCUT2D eigenvalue weighted by Crippen LogP contribution is 2.29. The maximum atomic E-state index is 12.9. The Morgan fingerprint density at radius 3 is 2.22 bits per heavy atom. The lowest BCUT2D eigenvalue weighted by Crippen LogP contribution is -2.25. The van der Waals surface area contributed by atoms with Crippen molar-refractivity contribution < 1.29 is 9.47 Å². The third kappa shape index (κ3) is 5.30. The molecule has 36 heavy (non-hydrogen) atoms. The minimum Gasteiger partial charge on any atom is -0.493 e. The van der Waals surface area contributed by atoms with E-state index in [0.717, 1.165) is 16.1 Å². The number of hydrogen-bond donors (Lipinski definition) is 0. The molecule has 0 amide bonds. The van der Waals surface area contributed by atoms with Gasteiger partial charge in [0.1, 0.15) is 5.01 Å². The van der Waals surface area contributed by atoms with Crippen molar-refractivity contribution in [1.29, 1.82) is 0 Å². The van der Waals surface area contributed by atoms with Crippen molar-refractivity contribution in [3.63, 3.8) is 0 Å². The number of benzene rings is 3. The van der Waals surface area contributed by atoms with E-state index >= 15 is 0 Å². The lowest BCUT2D eigenvalue weighted by atomic mass is 10.1. The third-order valence-corrected chi connectivity index (χ3v) is 6.77. The molecule has 2 heterocycles. The Bertz CT molecular complexity index is 1520. The average molecular weight is 499 g/mol. The highest BCUT2D eigenvalue weighted by Gasteiger charge is 2.15. The van der Waals surface area contributed by atoms with Crippen LogP contribution >= 0.6 is 11.3 Å². The first-order valence-electron chi connectivity index (χ1n) is 11.6. The molecule has 8 heteroatoms. The molecule has 0 aliphatic carbocycles. The minimum absolute atomic E-state index is 0.181. The molecule has 0 aliphatic rings. The summed E-state index contributed by atoms with van der Waals surface area (Å²) < 4.78 is 12.3. The van der Waals surface area contributed by atoms with Crippen LogP contribution in [0.2, 0.25) is 0 Å². The quantitative estimate of drug-likeness (QED) is 0.284. The summed E-state index contributed by atoms with van der Waals surface area (Å²) in [4.78, 5) is 20.6. The summed E-state index contributed by atoms with van der Waals surface area (Å²) in [6.45, 7) is 1.86. The zero-order valence-corrected chi connectivity index (χ0v) is 20.9. The molecule has 0 atom stereocenters. The monoisotopic (exact) mass is 498 g/mol. The van der Waals surface area contributed by atoms with Gasteiger partial charge in [-0.25, -0.2) is 4.98 Å². The van der Waals surface area contributed by atoms with Crippen LogP contribution in [0.25, 0.3) is 15.5 Å². The summed E-state index contributed by atoms with van der Waals surface area (Å²) in [5, 5.41) is 5.26. The van der Waals surface area contributed by atoms with Gasteiger partial charge in [-0.05, 0) is 23.3 Å². The van der Waals surface area contributed by atoms with Crippen molar-refractivity contribution >= 4 is 16.3 Å². The number of nitrogens with zero attached hydrogens (tertiary/aromatic N) is 4. The largest absolute Gasteiger partial charge is 0.493 e. The van der Waals surface area contributed by atoms with E-state index < -0.39 is 0 Å². The highest BCUT2D eigenvalue weighted by atomic mass is 32.1. The van der Waals surface area contributed by atoms with Crippen molar-refractivity contribution in [3.05, 3.63) is 112 Å². The van der Waals surface area contributed by atoms with E-state index in [1.165, 1.54) is 21.4 Å². The first-order chi connectivity index (χ1) is 17.6. The normalized spacial score (nSPS) is 11.2. The van der Waals surface area contributed by atoms with Gasteiger partial charge in [0.05, 0.1) is 19.9 Å². The second kappa shape index (κ2) is 10.7. The van der Waals surface area contributed by atoms with E-state index in [9.17, 15) is 4.79 Å². The Morgan fingerprint density at radius 1 is 0.806 bits per heavy atom. The highest BCUT2D eigenvalue weighted by molar-refractivity contribution is 7.19. The molecule has 3 aromatic carbocycles.